The van der Waals surface area contributed by atoms with Gasteiger partial charge in [-0.05, 0) is 48.5 Å². The highest BCUT2D eigenvalue weighted by Crippen LogP contribution is 2.11. The van der Waals surface area contributed by atoms with E-state index in [9.17, 15) is 14.4 Å². The molecule has 0 radical (unpaired) electrons. The fourth-order valence-corrected chi connectivity index (χ4v) is 2.35. The summed E-state index contributed by atoms with van der Waals surface area (Å²) in [6.07, 6.45) is 2.95. The number of ether oxygens (including phenoxy) is 1. The zero-order valence-corrected chi connectivity index (χ0v) is 15.0. The van der Waals surface area contributed by atoms with Crippen LogP contribution in [-0.4, -0.2) is 46.2 Å². The SMILES string of the molecule is CNC(=O)c1ccc(NC(=O)COC(=O)c2ccc(-n3cncn3)cc2)cc1. The van der Waals surface area contributed by atoms with E-state index in [0.29, 0.717) is 16.8 Å². The topological polar surface area (TPSA) is 115 Å². The number of aromatic nitrogens is 3. The van der Waals surface area contributed by atoms with E-state index in [2.05, 4.69) is 20.7 Å². The van der Waals surface area contributed by atoms with Gasteiger partial charge in [-0.15, -0.1) is 0 Å². The van der Waals surface area contributed by atoms with Crippen LogP contribution in [0.2, 0.25) is 0 Å². The molecule has 2 N–H and O–H groups in total. The first-order chi connectivity index (χ1) is 13.6. The smallest absolute Gasteiger partial charge is 0.338 e. The molecule has 1 heterocycles. The van der Waals surface area contributed by atoms with Crippen LogP contribution < -0.4 is 10.6 Å². The summed E-state index contributed by atoms with van der Waals surface area (Å²) >= 11 is 0. The van der Waals surface area contributed by atoms with Gasteiger partial charge in [0, 0.05) is 18.3 Å². The lowest BCUT2D eigenvalue weighted by atomic mass is 10.2. The second kappa shape index (κ2) is 8.58. The molecule has 0 spiro atoms. The minimum atomic E-state index is -0.616. The normalized spacial score (nSPS) is 10.2. The largest absolute Gasteiger partial charge is 0.452 e. The van der Waals surface area contributed by atoms with E-state index in [1.54, 1.807) is 59.5 Å². The van der Waals surface area contributed by atoms with Crippen LogP contribution in [-0.2, 0) is 9.53 Å². The average molecular weight is 379 g/mol. The van der Waals surface area contributed by atoms with Crippen LogP contribution in [0.25, 0.3) is 5.69 Å². The molecule has 0 atom stereocenters. The van der Waals surface area contributed by atoms with Gasteiger partial charge < -0.3 is 15.4 Å². The quantitative estimate of drug-likeness (QED) is 0.626. The maximum absolute atomic E-state index is 12.1. The zero-order chi connectivity index (χ0) is 19.9. The van der Waals surface area contributed by atoms with Crippen LogP contribution >= 0.6 is 0 Å². The summed E-state index contributed by atoms with van der Waals surface area (Å²) < 4.78 is 6.58. The minimum absolute atomic E-state index is 0.221. The van der Waals surface area contributed by atoms with Gasteiger partial charge >= 0.3 is 5.97 Å². The molecule has 28 heavy (non-hydrogen) atoms. The predicted octanol–water partition coefficient (Wildman–Crippen LogP) is 1.42. The van der Waals surface area contributed by atoms with Crippen LogP contribution in [0.3, 0.4) is 0 Å². The first kappa shape index (κ1) is 18.8. The molecule has 3 rings (SSSR count). The molecular formula is C19H17N5O4. The van der Waals surface area contributed by atoms with E-state index in [1.165, 1.54) is 13.4 Å². The molecule has 1 aromatic heterocycles. The number of carbonyl (C=O) groups excluding carboxylic acids is 3. The van der Waals surface area contributed by atoms with Crippen LogP contribution in [0, 0.1) is 0 Å². The van der Waals surface area contributed by atoms with Gasteiger partial charge in [0.25, 0.3) is 11.8 Å². The highest BCUT2D eigenvalue weighted by Gasteiger charge is 2.11. The molecule has 2 aromatic carbocycles. The molecule has 3 aromatic rings. The number of nitrogens with one attached hydrogen (secondary N) is 2. The summed E-state index contributed by atoms with van der Waals surface area (Å²) in [5, 5.41) is 9.10. The van der Waals surface area contributed by atoms with E-state index in [1.807, 2.05) is 0 Å². The Morgan fingerprint density at radius 2 is 1.68 bits per heavy atom. The number of hydrogen-bond donors (Lipinski definition) is 2. The van der Waals surface area contributed by atoms with Crippen molar-refractivity contribution in [2.45, 2.75) is 0 Å². The molecule has 142 valence electrons. The Morgan fingerprint density at radius 1 is 1.00 bits per heavy atom. The predicted molar refractivity (Wildman–Crippen MR) is 100 cm³/mol. The van der Waals surface area contributed by atoms with E-state index in [-0.39, 0.29) is 5.91 Å². The standard InChI is InChI=1S/C19H17N5O4/c1-20-18(26)13-2-6-15(7-3-13)23-17(25)10-28-19(27)14-4-8-16(9-5-14)24-12-21-11-22-24/h2-9,11-12H,10H2,1H3,(H,20,26)(H,23,25). The van der Waals surface area contributed by atoms with Crippen LogP contribution in [0.1, 0.15) is 20.7 Å². The minimum Gasteiger partial charge on any atom is -0.452 e. The maximum Gasteiger partial charge on any atom is 0.338 e. The maximum atomic E-state index is 12.1. The Kier molecular flexibility index (Phi) is 5.75. The van der Waals surface area contributed by atoms with Gasteiger partial charge in [-0.1, -0.05) is 0 Å². The summed E-state index contributed by atoms with van der Waals surface area (Å²) in [5.74, 6) is -1.32. The Morgan fingerprint density at radius 3 is 2.29 bits per heavy atom. The molecule has 0 saturated heterocycles. The van der Waals surface area contributed by atoms with Gasteiger partial charge in [0.05, 0.1) is 11.3 Å². The van der Waals surface area contributed by atoms with Gasteiger partial charge in [-0.2, -0.15) is 5.10 Å². The molecular weight excluding hydrogens is 362 g/mol. The van der Waals surface area contributed by atoms with Gasteiger partial charge in [0.15, 0.2) is 6.61 Å². The first-order valence-corrected chi connectivity index (χ1v) is 8.31. The molecule has 9 nitrogen and oxygen atoms in total. The van der Waals surface area contributed by atoms with Crippen molar-refractivity contribution in [2.75, 3.05) is 19.0 Å². The summed E-state index contributed by atoms with van der Waals surface area (Å²) in [6.45, 7) is -0.430. The zero-order valence-electron chi connectivity index (χ0n) is 15.0. The number of rotatable bonds is 6. The summed E-state index contributed by atoms with van der Waals surface area (Å²) in [7, 11) is 1.54. The first-order valence-electron chi connectivity index (χ1n) is 8.31. The lowest BCUT2D eigenvalue weighted by molar-refractivity contribution is -0.119. The fourth-order valence-electron chi connectivity index (χ4n) is 2.35. The Bertz CT molecular complexity index is 967. The van der Waals surface area contributed by atoms with Crippen molar-refractivity contribution in [2.24, 2.45) is 0 Å². The molecule has 0 bridgehead atoms. The molecule has 9 heteroatoms. The van der Waals surface area contributed by atoms with E-state index in [0.717, 1.165) is 5.69 Å². The number of nitrogens with zero attached hydrogens (tertiary/aromatic N) is 3. The molecule has 0 unspecified atom stereocenters. The summed E-state index contributed by atoms with van der Waals surface area (Å²) in [4.78, 5) is 39.4. The number of carbonyl (C=O) groups is 3. The van der Waals surface area contributed by atoms with Gasteiger partial charge in [0.2, 0.25) is 0 Å². The van der Waals surface area contributed by atoms with Crippen LogP contribution in [0.5, 0.6) is 0 Å². The van der Waals surface area contributed by atoms with Gasteiger partial charge in [-0.25, -0.2) is 14.5 Å². The second-order valence-corrected chi connectivity index (χ2v) is 5.67. The molecule has 0 fully saturated rings. The highest BCUT2D eigenvalue weighted by molar-refractivity contribution is 5.97. The number of amides is 2. The summed E-state index contributed by atoms with van der Waals surface area (Å²) in [5.41, 5.74) is 2.02. The lowest BCUT2D eigenvalue weighted by Crippen LogP contribution is -2.21. The van der Waals surface area contributed by atoms with E-state index < -0.39 is 18.5 Å². The third-order valence-corrected chi connectivity index (χ3v) is 3.78. The monoisotopic (exact) mass is 379 g/mol. The Labute approximate surface area is 160 Å². The third-order valence-electron chi connectivity index (χ3n) is 3.78. The Hall–Kier alpha value is -4.01. The van der Waals surface area contributed by atoms with Crippen molar-refractivity contribution in [1.82, 2.24) is 20.1 Å². The lowest BCUT2D eigenvalue weighted by Gasteiger charge is -2.08. The van der Waals surface area contributed by atoms with Crippen molar-refractivity contribution in [3.8, 4) is 5.69 Å². The van der Waals surface area contributed by atoms with Gasteiger partial charge in [0.1, 0.15) is 12.7 Å². The van der Waals surface area contributed by atoms with Crippen molar-refractivity contribution < 1.29 is 19.1 Å². The number of anilines is 1. The summed E-state index contributed by atoms with van der Waals surface area (Å²) in [6, 6.07) is 12.9. The van der Waals surface area contributed by atoms with Crippen molar-refractivity contribution >= 4 is 23.5 Å². The van der Waals surface area contributed by atoms with Crippen LogP contribution in [0.15, 0.2) is 61.2 Å². The molecule has 0 saturated carbocycles. The molecule has 0 aliphatic carbocycles. The van der Waals surface area contributed by atoms with E-state index >= 15 is 0 Å². The second-order valence-electron chi connectivity index (χ2n) is 5.67. The molecule has 0 aliphatic heterocycles. The van der Waals surface area contributed by atoms with Gasteiger partial charge in [-0.3, -0.25) is 9.59 Å². The number of hydrogen-bond acceptors (Lipinski definition) is 6. The molecule has 2 amide bonds. The van der Waals surface area contributed by atoms with Crippen molar-refractivity contribution in [3.63, 3.8) is 0 Å². The highest BCUT2D eigenvalue weighted by atomic mass is 16.5. The number of benzene rings is 2. The van der Waals surface area contributed by atoms with E-state index in [4.69, 9.17) is 4.74 Å². The van der Waals surface area contributed by atoms with Crippen LogP contribution in [0.4, 0.5) is 5.69 Å². The average Bonchev–Trinajstić information content (AvgIpc) is 3.27. The number of esters is 1. The van der Waals surface area contributed by atoms with Crippen molar-refractivity contribution in [3.05, 3.63) is 72.3 Å². The van der Waals surface area contributed by atoms with Crippen molar-refractivity contribution in [1.29, 1.82) is 0 Å². The molecule has 0 aliphatic rings. The Balaban J connectivity index is 1.51. The fraction of sp³-hybridized carbons (Fsp3) is 0.105. The third kappa shape index (κ3) is 4.58.